The quantitative estimate of drug-likeness (QED) is 0.151. The fraction of sp³-hybridized carbons (Fsp3) is 0.481. The highest BCUT2D eigenvalue weighted by Crippen LogP contribution is 2.39. The number of ether oxygens (including phenoxy) is 4. The molecule has 5 rings (SSSR count). The summed E-state index contributed by atoms with van der Waals surface area (Å²) in [4.78, 5) is 26.6. The summed E-state index contributed by atoms with van der Waals surface area (Å²) in [5, 5.41) is 81.4. The zero-order chi connectivity index (χ0) is 29.7. The van der Waals surface area contributed by atoms with Crippen molar-refractivity contribution in [2.45, 2.75) is 68.3 Å². The number of aliphatic hydroxyl groups excluding tert-OH is 7. The Morgan fingerprint density at radius 1 is 0.756 bits per heavy atom. The van der Waals surface area contributed by atoms with Crippen molar-refractivity contribution in [3.63, 3.8) is 0 Å². The number of phenolic OH excluding ortho intramolecular Hbond substituents is 1. The number of fused-ring (bicyclic) bond motifs is 2. The molecular formula is C27H30O14. The summed E-state index contributed by atoms with van der Waals surface area (Å²) in [6.45, 7) is 0.354. The van der Waals surface area contributed by atoms with Gasteiger partial charge in [-0.3, -0.25) is 9.59 Å². The summed E-state index contributed by atoms with van der Waals surface area (Å²) in [6, 6.07) is 6.98. The largest absolute Gasteiger partial charge is 0.507 e. The van der Waals surface area contributed by atoms with Crippen molar-refractivity contribution in [1.82, 2.24) is 0 Å². The molecule has 0 saturated carbocycles. The van der Waals surface area contributed by atoms with Crippen molar-refractivity contribution in [3.05, 3.63) is 58.1 Å². The molecule has 0 spiro atoms. The minimum atomic E-state index is -1.83. The zero-order valence-electron chi connectivity index (χ0n) is 21.6. The summed E-state index contributed by atoms with van der Waals surface area (Å²) in [5.74, 6) is -1.84. The van der Waals surface area contributed by atoms with Crippen LogP contribution in [-0.2, 0) is 14.2 Å². The number of phenols is 1. The number of benzene rings is 2. The van der Waals surface area contributed by atoms with Crippen molar-refractivity contribution >= 4 is 11.6 Å². The Bertz CT molecular complexity index is 1330. The topological polar surface area (TPSA) is 233 Å². The van der Waals surface area contributed by atoms with Gasteiger partial charge in [0.15, 0.2) is 12.1 Å². The fourth-order valence-corrected chi connectivity index (χ4v) is 5.17. The lowest BCUT2D eigenvalue weighted by atomic mass is 9.82. The van der Waals surface area contributed by atoms with Crippen LogP contribution in [0.1, 0.15) is 37.4 Å². The lowest BCUT2D eigenvalue weighted by Crippen LogP contribution is -2.62. The van der Waals surface area contributed by atoms with Gasteiger partial charge in [0.1, 0.15) is 60.3 Å². The number of rotatable bonds is 6. The number of ketones is 2. The number of carbonyl (C=O) groups is 2. The predicted molar refractivity (Wildman–Crippen MR) is 133 cm³/mol. The monoisotopic (exact) mass is 578 g/mol. The lowest BCUT2D eigenvalue weighted by Gasteiger charge is -2.42. The van der Waals surface area contributed by atoms with Gasteiger partial charge in [-0.1, -0.05) is 12.1 Å². The highest BCUT2D eigenvalue weighted by atomic mass is 16.7. The van der Waals surface area contributed by atoms with Gasteiger partial charge in [-0.2, -0.15) is 0 Å². The predicted octanol–water partition coefficient (Wildman–Crippen LogP) is -2.52. The van der Waals surface area contributed by atoms with Crippen molar-refractivity contribution in [2.24, 2.45) is 0 Å². The van der Waals surface area contributed by atoms with Crippen LogP contribution in [0, 0.1) is 6.92 Å². The molecule has 0 bridgehead atoms. The molecule has 1 aliphatic carbocycles. The van der Waals surface area contributed by atoms with Gasteiger partial charge in [-0.15, -0.1) is 0 Å². The summed E-state index contributed by atoms with van der Waals surface area (Å²) in [7, 11) is 0. The molecule has 2 aliphatic heterocycles. The molecule has 14 nitrogen and oxygen atoms in total. The van der Waals surface area contributed by atoms with Crippen molar-refractivity contribution in [1.29, 1.82) is 0 Å². The number of carbonyl (C=O) groups excluding carboxylic acids is 2. The highest BCUT2D eigenvalue weighted by molar-refractivity contribution is 6.30. The molecular weight excluding hydrogens is 548 g/mol. The summed E-state index contributed by atoms with van der Waals surface area (Å²) in [5.41, 5.74) is 0.107. The first kappa shape index (κ1) is 29.5. The normalized spacial score (nSPS) is 35.1. The number of hydrogen-bond acceptors (Lipinski definition) is 14. The number of aliphatic hydroxyl groups is 7. The second kappa shape index (κ2) is 11.3. The van der Waals surface area contributed by atoms with Crippen molar-refractivity contribution < 1.29 is 69.4 Å². The standard InChI is InChI=1S/C27H30O14/c1-9-5-11-17(21(33)16-10(18(11)30)3-2-4-12(16)29)13(6-9)39-27-25(37)23(35)20(32)15(41-27)8-38-26-24(36)22(34)19(31)14(7-28)40-26/h2-6,14-15,19-20,22-29,31-32,34-37H,7-8H2,1H3. The van der Waals surface area contributed by atoms with Gasteiger partial charge in [0.05, 0.1) is 24.3 Å². The van der Waals surface area contributed by atoms with E-state index in [1.807, 2.05) is 0 Å². The third-order valence-corrected chi connectivity index (χ3v) is 7.42. The van der Waals surface area contributed by atoms with Crippen LogP contribution in [-0.4, -0.2) is 127 Å². The molecule has 10 unspecified atom stereocenters. The Morgan fingerprint density at radius 2 is 1.39 bits per heavy atom. The number of aromatic hydroxyl groups is 1. The van der Waals surface area contributed by atoms with E-state index in [9.17, 15) is 50.4 Å². The van der Waals surface area contributed by atoms with Crippen LogP contribution >= 0.6 is 0 Å². The van der Waals surface area contributed by atoms with Crippen molar-refractivity contribution in [2.75, 3.05) is 13.2 Å². The third-order valence-electron chi connectivity index (χ3n) is 7.42. The van der Waals surface area contributed by atoms with Gasteiger partial charge in [0.25, 0.3) is 0 Å². The van der Waals surface area contributed by atoms with E-state index in [0.29, 0.717) is 5.56 Å². The second-order valence-corrected chi connectivity index (χ2v) is 10.2. The van der Waals surface area contributed by atoms with E-state index in [1.54, 1.807) is 6.92 Å². The Balaban J connectivity index is 1.38. The van der Waals surface area contributed by atoms with Gasteiger partial charge in [-0.25, -0.2) is 0 Å². The minimum Gasteiger partial charge on any atom is -0.507 e. The van der Waals surface area contributed by atoms with Crippen LogP contribution in [0.5, 0.6) is 11.5 Å². The van der Waals surface area contributed by atoms with Gasteiger partial charge in [0.2, 0.25) is 12.1 Å². The van der Waals surface area contributed by atoms with E-state index < -0.39 is 91.9 Å². The molecule has 222 valence electrons. The van der Waals surface area contributed by atoms with E-state index in [0.717, 1.165) is 0 Å². The van der Waals surface area contributed by atoms with Crippen LogP contribution in [0.15, 0.2) is 30.3 Å². The molecule has 2 aromatic carbocycles. The van der Waals surface area contributed by atoms with Gasteiger partial charge < -0.3 is 59.8 Å². The smallest absolute Gasteiger partial charge is 0.229 e. The highest BCUT2D eigenvalue weighted by Gasteiger charge is 2.48. The van der Waals surface area contributed by atoms with E-state index in [-0.39, 0.29) is 28.0 Å². The zero-order valence-corrected chi connectivity index (χ0v) is 21.6. The Morgan fingerprint density at radius 3 is 2.07 bits per heavy atom. The molecule has 0 aromatic heterocycles. The molecule has 8 N–H and O–H groups in total. The maximum Gasteiger partial charge on any atom is 0.229 e. The van der Waals surface area contributed by atoms with Crippen LogP contribution in [0.25, 0.3) is 0 Å². The molecule has 0 amide bonds. The molecule has 10 atom stereocenters. The molecule has 14 heteroatoms. The molecule has 3 aliphatic rings. The lowest BCUT2D eigenvalue weighted by molar-refractivity contribution is -0.323. The number of aryl methyl sites for hydroxylation is 1. The molecule has 2 heterocycles. The molecule has 2 aromatic rings. The first-order valence-corrected chi connectivity index (χ1v) is 12.8. The summed E-state index contributed by atoms with van der Waals surface area (Å²) >= 11 is 0. The first-order chi connectivity index (χ1) is 19.4. The van der Waals surface area contributed by atoms with E-state index >= 15 is 0 Å². The maximum absolute atomic E-state index is 13.4. The minimum absolute atomic E-state index is 0.00326. The van der Waals surface area contributed by atoms with Crippen LogP contribution < -0.4 is 4.74 Å². The van der Waals surface area contributed by atoms with Gasteiger partial charge in [0, 0.05) is 11.1 Å². The second-order valence-electron chi connectivity index (χ2n) is 10.2. The Kier molecular flexibility index (Phi) is 8.15. The van der Waals surface area contributed by atoms with E-state index in [1.165, 1.54) is 30.3 Å². The number of hydrogen-bond donors (Lipinski definition) is 8. The van der Waals surface area contributed by atoms with Gasteiger partial charge in [-0.05, 0) is 30.7 Å². The van der Waals surface area contributed by atoms with Crippen molar-refractivity contribution in [3.8, 4) is 11.5 Å². The van der Waals surface area contributed by atoms with Crippen LogP contribution in [0.2, 0.25) is 0 Å². The Hall–Kier alpha value is -3.02. The third kappa shape index (κ3) is 5.12. The average Bonchev–Trinajstić information content (AvgIpc) is 2.94. The van der Waals surface area contributed by atoms with E-state index in [2.05, 4.69) is 0 Å². The summed E-state index contributed by atoms with van der Waals surface area (Å²) in [6.07, 6.45) is -16.4. The molecule has 41 heavy (non-hydrogen) atoms. The SMILES string of the molecule is Cc1cc(OC2OC(COC3OC(CO)C(O)C(O)C3O)C(O)C(O)C2O)c2c(c1)C(=O)c1cccc(O)c1C2=O. The molecule has 2 saturated heterocycles. The maximum atomic E-state index is 13.4. The first-order valence-electron chi connectivity index (χ1n) is 12.8. The van der Waals surface area contributed by atoms with E-state index in [4.69, 9.17) is 18.9 Å². The van der Waals surface area contributed by atoms with Crippen LogP contribution in [0.3, 0.4) is 0 Å². The van der Waals surface area contributed by atoms with Crippen LogP contribution in [0.4, 0.5) is 0 Å². The summed E-state index contributed by atoms with van der Waals surface area (Å²) < 4.78 is 22.1. The van der Waals surface area contributed by atoms with Gasteiger partial charge >= 0.3 is 0 Å². The molecule has 0 radical (unpaired) electrons. The Labute approximate surface area is 232 Å². The fourth-order valence-electron chi connectivity index (χ4n) is 5.17. The average molecular weight is 579 g/mol. The molecule has 2 fully saturated rings.